The maximum Gasteiger partial charge on any atom is 0.243 e. The molecule has 0 aliphatic carbocycles. The van der Waals surface area contributed by atoms with Crippen molar-refractivity contribution in [2.45, 2.75) is 68.7 Å². The zero-order valence-electron chi connectivity index (χ0n) is 25.8. The van der Waals surface area contributed by atoms with E-state index in [2.05, 4.69) is 21.3 Å². The van der Waals surface area contributed by atoms with E-state index >= 15 is 0 Å². The van der Waals surface area contributed by atoms with Crippen LogP contribution in [0.4, 0.5) is 0 Å². The number of rotatable bonds is 12. The molecule has 252 valence electrons. The fourth-order valence-corrected chi connectivity index (χ4v) is 5.03. The van der Waals surface area contributed by atoms with E-state index in [4.69, 9.17) is 28.7 Å². The van der Waals surface area contributed by atoms with Gasteiger partial charge in [0.15, 0.2) is 0 Å². The molecule has 15 nitrogen and oxygen atoms in total. The van der Waals surface area contributed by atoms with Crippen molar-refractivity contribution in [1.29, 1.82) is 0 Å². The average molecular weight is 642 g/mol. The number of aromatic hydroxyl groups is 2. The summed E-state index contributed by atoms with van der Waals surface area (Å²) in [6.07, 6.45) is 1.73. The SMILES string of the molecule is NCCC[C@H](N)CNC(=O)[C@@H](N)CNC(=O)[C@@H]1Cc2cc(ccc2O)-c2ccc(O)c(c2)C[C@H](N)C(=O)N[C@@H](CCCN)C(=O)N1. The fourth-order valence-electron chi connectivity index (χ4n) is 5.03. The van der Waals surface area contributed by atoms with E-state index in [0.717, 1.165) is 0 Å². The van der Waals surface area contributed by atoms with Gasteiger partial charge in [0, 0.05) is 32.0 Å². The molecule has 1 heterocycles. The van der Waals surface area contributed by atoms with E-state index in [1.54, 1.807) is 24.3 Å². The summed E-state index contributed by atoms with van der Waals surface area (Å²) in [6, 6.07) is 4.82. The fraction of sp³-hybridized carbons (Fsp3) is 0.484. The lowest BCUT2D eigenvalue weighted by Gasteiger charge is -2.25. The lowest BCUT2D eigenvalue weighted by atomic mass is 9.95. The average Bonchev–Trinajstić information content (AvgIpc) is 3.04. The second-order valence-corrected chi connectivity index (χ2v) is 11.5. The standard InChI is InChI=1S/C31H47N9O6/c32-9-1-3-21(34)15-37-28(43)23(36)16-38-30(45)25-14-20-12-18(6-8-27(20)42)17-5-7-26(41)19(11-17)13-22(35)29(44)39-24(4-2-10-33)31(46)40-25/h5-8,11-12,21-25,41-42H,1-4,9-10,13-16,32-36H2,(H,37,43)(H,38,45)(H,39,44)(H,40,46)/t21-,22-,23-,24-,25-/m0/s1. The Bertz CT molecular complexity index is 1370. The van der Waals surface area contributed by atoms with E-state index in [1.165, 1.54) is 12.1 Å². The molecular weight excluding hydrogens is 594 g/mol. The molecule has 1 aliphatic heterocycles. The third-order valence-corrected chi connectivity index (χ3v) is 7.81. The number of carbonyl (C=O) groups excluding carboxylic acids is 4. The van der Waals surface area contributed by atoms with Crippen LogP contribution in [-0.2, 0) is 32.0 Å². The molecule has 0 unspecified atom stereocenters. The molecule has 1 aliphatic rings. The Morgan fingerprint density at radius 1 is 0.848 bits per heavy atom. The van der Waals surface area contributed by atoms with Gasteiger partial charge in [0.05, 0.1) is 6.04 Å². The van der Waals surface area contributed by atoms with Crippen LogP contribution in [0, 0.1) is 0 Å². The van der Waals surface area contributed by atoms with Crippen LogP contribution in [-0.4, -0.2) is 90.2 Å². The third-order valence-electron chi connectivity index (χ3n) is 7.81. The summed E-state index contributed by atoms with van der Waals surface area (Å²) in [7, 11) is 0. The summed E-state index contributed by atoms with van der Waals surface area (Å²) in [6.45, 7) is 0.670. The molecule has 2 aromatic carbocycles. The van der Waals surface area contributed by atoms with Gasteiger partial charge >= 0.3 is 0 Å². The monoisotopic (exact) mass is 641 g/mol. The molecule has 3 rings (SSSR count). The second-order valence-electron chi connectivity index (χ2n) is 11.5. The van der Waals surface area contributed by atoms with Gasteiger partial charge in [-0.3, -0.25) is 19.2 Å². The van der Waals surface area contributed by atoms with Crippen LogP contribution in [0.5, 0.6) is 11.5 Å². The number of hydrogen-bond donors (Lipinski definition) is 11. The number of benzene rings is 2. The van der Waals surface area contributed by atoms with Crippen molar-refractivity contribution in [1.82, 2.24) is 21.3 Å². The Morgan fingerprint density at radius 3 is 2.07 bits per heavy atom. The summed E-state index contributed by atoms with van der Waals surface area (Å²) in [4.78, 5) is 52.6. The maximum atomic E-state index is 13.5. The molecule has 5 atom stereocenters. The van der Waals surface area contributed by atoms with Crippen LogP contribution in [0.3, 0.4) is 0 Å². The zero-order chi connectivity index (χ0) is 33.8. The lowest BCUT2D eigenvalue weighted by Crippen LogP contribution is -2.57. The Balaban J connectivity index is 1.89. The quantitative estimate of drug-likeness (QED) is 0.115. The van der Waals surface area contributed by atoms with Gasteiger partial charge in [0.1, 0.15) is 29.6 Å². The van der Waals surface area contributed by atoms with E-state index in [9.17, 15) is 29.4 Å². The lowest BCUT2D eigenvalue weighted by molar-refractivity contribution is -0.132. The van der Waals surface area contributed by atoms with Gasteiger partial charge < -0.3 is 60.1 Å². The number of fused-ring (bicyclic) bond motifs is 5. The van der Waals surface area contributed by atoms with Crippen molar-refractivity contribution in [3.05, 3.63) is 47.5 Å². The molecule has 0 fully saturated rings. The van der Waals surface area contributed by atoms with Gasteiger partial charge in [-0.25, -0.2) is 0 Å². The van der Waals surface area contributed by atoms with Gasteiger partial charge in [0.2, 0.25) is 23.6 Å². The first-order valence-corrected chi connectivity index (χ1v) is 15.4. The van der Waals surface area contributed by atoms with Crippen molar-refractivity contribution in [3.63, 3.8) is 0 Å². The molecule has 0 aromatic heterocycles. The van der Waals surface area contributed by atoms with E-state index in [0.29, 0.717) is 48.1 Å². The Kier molecular flexibility index (Phi) is 13.7. The molecule has 2 aromatic rings. The number of carbonyl (C=O) groups is 4. The topological polar surface area (TPSA) is 287 Å². The van der Waals surface area contributed by atoms with Crippen LogP contribution in [0.1, 0.15) is 36.8 Å². The van der Waals surface area contributed by atoms with Crippen LogP contribution in [0.25, 0.3) is 11.1 Å². The van der Waals surface area contributed by atoms with E-state index < -0.39 is 47.8 Å². The molecule has 46 heavy (non-hydrogen) atoms. The van der Waals surface area contributed by atoms with Crippen molar-refractivity contribution < 1.29 is 29.4 Å². The highest BCUT2D eigenvalue weighted by Gasteiger charge is 2.30. The van der Waals surface area contributed by atoms with Crippen molar-refractivity contribution in [2.75, 3.05) is 26.2 Å². The Morgan fingerprint density at radius 2 is 1.46 bits per heavy atom. The Hall–Kier alpha value is -4.28. The van der Waals surface area contributed by atoms with Gasteiger partial charge in [-0.2, -0.15) is 0 Å². The first-order valence-electron chi connectivity index (χ1n) is 15.4. The molecule has 0 saturated carbocycles. The highest BCUT2D eigenvalue weighted by atomic mass is 16.3. The summed E-state index contributed by atoms with van der Waals surface area (Å²) in [5.41, 5.74) is 31.4. The highest BCUT2D eigenvalue weighted by molar-refractivity contribution is 5.93. The smallest absolute Gasteiger partial charge is 0.243 e. The number of amides is 4. The van der Waals surface area contributed by atoms with Gasteiger partial charge in [-0.05, 0) is 85.3 Å². The van der Waals surface area contributed by atoms with Gasteiger partial charge in [0.25, 0.3) is 0 Å². The van der Waals surface area contributed by atoms with Crippen LogP contribution in [0.15, 0.2) is 36.4 Å². The van der Waals surface area contributed by atoms with Crippen LogP contribution in [0.2, 0.25) is 0 Å². The highest BCUT2D eigenvalue weighted by Crippen LogP contribution is 2.30. The Labute approximate surface area is 268 Å². The molecule has 15 heteroatoms. The largest absolute Gasteiger partial charge is 0.508 e. The van der Waals surface area contributed by atoms with Crippen molar-refractivity contribution in [3.8, 4) is 22.6 Å². The predicted molar refractivity (Wildman–Crippen MR) is 173 cm³/mol. The molecule has 0 saturated heterocycles. The van der Waals surface area contributed by atoms with Crippen molar-refractivity contribution in [2.24, 2.45) is 28.7 Å². The summed E-state index contributed by atoms with van der Waals surface area (Å²) >= 11 is 0. The molecule has 16 N–H and O–H groups in total. The minimum Gasteiger partial charge on any atom is -0.508 e. The third kappa shape index (κ3) is 10.4. The number of phenols is 2. The summed E-state index contributed by atoms with van der Waals surface area (Å²) < 4.78 is 0. The summed E-state index contributed by atoms with van der Waals surface area (Å²) in [5, 5.41) is 31.8. The molecule has 4 bridgehead atoms. The predicted octanol–water partition coefficient (Wildman–Crippen LogP) is -2.47. The normalized spacial score (nSPS) is 19.9. The van der Waals surface area contributed by atoms with E-state index in [1.807, 2.05) is 0 Å². The molecule has 0 radical (unpaired) electrons. The van der Waals surface area contributed by atoms with Gasteiger partial charge in [-0.1, -0.05) is 12.1 Å². The number of nitrogens with two attached hydrogens (primary N) is 5. The molecular formula is C31H47N9O6. The minimum absolute atomic E-state index is 0.0137. The van der Waals surface area contributed by atoms with Gasteiger partial charge in [-0.15, -0.1) is 0 Å². The number of nitrogens with one attached hydrogen (secondary N) is 4. The summed E-state index contributed by atoms with van der Waals surface area (Å²) in [5.74, 6) is -2.65. The van der Waals surface area contributed by atoms with Crippen LogP contribution >= 0.6 is 0 Å². The first kappa shape index (κ1) is 36.2. The zero-order valence-corrected chi connectivity index (χ0v) is 25.8. The van der Waals surface area contributed by atoms with E-state index in [-0.39, 0.29) is 56.4 Å². The van der Waals surface area contributed by atoms with Crippen LogP contribution < -0.4 is 49.9 Å². The minimum atomic E-state index is -1.24. The second kappa shape index (κ2) is 17.4. The number of hydrogen-bond acceptors (Lipinski definition) is 11. The maximum absolute atomic E-state index is 13.5. The first-order chi connectivity index (χ1) is 21.9. The number of phenolic OH excluding ortho intramolecular Hbond substituents is 2. The molecule has 4 amide bonds. The molecule has 0 spiro atoms. The van der Waals surface area contributed by atoms with Crippen molar-refractivity contribution >= 4 is 23.6 Å².